The Labute approximate surface area is 117 Å². The van der Waals surface area contributed by atoms with Crippen LogP contribution in [0.25, 0.3) is 0 Å². The summed E-state index contributed by atoms with van der Waals surface area (Å²) < 4.78 is 89.2. The molecule has 21 heavy (non-hydrogen) atoms. The Hall–Kier alpha value is -1.58. The zero-order valence-electron chi connectivity index (χ0n) is 10.5. The van der Waals surface area contributed by atoms with Gasteiger partial charge in [-0.2, -0.15) is 21.6 Å². The molecule has 0 aromatic heterocycles. The molecule has 1 saturated heterocycles. The lowest BCUT2D eigenvalue weighted by atomic mass is 10.2. The molecular weight excluding hydrogens is 321 g/mol. The fraction of sp³-hybridized carbons (Fsp3) is 0.455. The summed E-state index contributed by atoms with van der Waals surface area (Å²) in [5.74, 6) is -3.70. The third-order valence-corrected chi connectivity index (χ3v) is 3.90. The van der Waals surface area contributed by atoms with E-state index in [1.54, 1.807) is 0 Å². The van der Waals surface area contributed by atoms with Crippen molar-refractivity contribution in [3.8, 4) is 5.75 Å². The molecule has 0 unspecified atom stereocenters. The van der Waals surface area contributed by atoms with Gasteiger partial charge < -0.3 is 9.08 Å². The van der Waals surface area contributed by atoms with Crippen LogP contribution in [0.4, 0.5) is 27.6 Å². The van der Waals surface area contributed by atoms with Crippen molar-refractivity contribution in [3.63, 3.8) is 0 Å². The first-order chi connectivity index (χ1) is 9.62. The molecule has 0 N–H and O–H groups in total. The van der Waals surface area contributed by atoms with Gasteiger partial charge in [0.1, 0.15) is 5.82 Å². The molecule has 2 rings (SSSR count). The van der Waals surface area contributed by atoms with Crippen LogP contribution in [0.5, 0.6) is 5.75 Å². The maximum absolute atomic E-state index is 13.6. The molecule has 0 bridgehead atoms. The number of benzene rings is 1. The highest BCUT2D eigenvalue weighted by molar-refractivity contribution is 7.88. The second kappa shape index (κ2) is 5.32. The molecule has 1 aromatic rings. The molecule has 4 nitrogen and oxygen atoms in total. The van der Waals surface area contributed by atoms with Gasteiger partial charge in [0.15, 0.2) is 11.6 Å². The van der Waals surface area contributed by atoms with E-state index in [4.69, 9.17) is 0 Å². The van der Waals surface area contributed by atoms with Gasteiger partial charge in [-0.25, -0.2) is 8.78 Å². The van der Waals surface area contributed by atoms with Crippen molar-refractivity contribution in [2.45, 2.75) is 18.3 Å². The van der Waals surface area contributed by atoms with Crippen molar-refractivity contribution in [1.29, 1.82) is 0 Å². The smallest absolute Gasteiger partial charge is 0.373 e. The van der Waals surface area contributed by atoms with Gasteiger partial charge in [0, 0.05) is 25.2 Å². The molecular formula is C11H10F5NO3S. The molecule has 0 saturated carbocycles. The van der Waals surface area contributed by atoms with Crippen LogP contribution in [0.1, 0.15) is 12.8 Å². The molecule has 118 valence electrons. The zero-order valence-corrected chi connectivity index (χ0v) is 11.3. The maximum atomic E-state index is 13.6. The van der Waals surface area contributed by atoms with Crippen molar-refractivity contribution < 1.29 is 34.6 Å². The van der Waals surface area contributed by atoms with Gasteiger partial charge in [-0.15, -0.1) is 0 Å². The van der Waals surface area contributed by atoms with Crippen LogP contribution in [-0.2, 0) is 10.1 Å². The fourth-order valence-corrected chi connectivity index (χ4v) is 2.41. The molecule has 0 atom stereocenters. The molecule has 1 aliphatic rings. The zero-order chi connectivity index (χ0) is 15.8. The second-order valence-electron chi connectivity index (χ2n) is 4.41. The van der Waals surface area contributed by atoms with Crippen LogP contribution in [-0.4, -0.2) is 27.0 Å². The van der Waals surface area contributed by atoms with Crippen molar-refractivity contribution in [2.75, 3.05) is 18.0 Å². The van der Waals surface area contributed by atoms with Crippen molar-refractivity contribution in [2.24, 2.45) is 0 Å². The minimum absolute atomic E-state index is 0.193. The topological polar surface area (TPSA) is 46.6 Å². The minimum atomic E-state index is -6.01. The highest BCUT2D eigenvalue weighted by Gasteiger charge is 2.49. The van der Waals surface area contributed by atoms with Gasteiger partial charge >= 0.3 is 15.6 Å². The van der Waals surface area contributed by atoms with E-state index >= 15 is 0 Å². The third kappa shape index (κ3) is 3.20. The van der Waals surface area contributed by atoms with E-state index < -0.39 is 33.0 Å². The van der Waals surface area contributed by atoms with Gasteiger partial charge in [-0.05, 0) is 12.8 Å². The molecule has 1 aromatic carbocycles. The Balaban J connectivity index is 2.38. The van der Waals surface area contributed by atoms with Crippen LogP contribution in [0, 0.1) is 11.6 Å². The van der Waals surface area contributed by atoms with Crippen LogP contribution in [0.3, 0.4) is 0 Å². The van der Waals surface area contributed by atoms with E-state index in [2.05, 4.69) is 4.18 Å². The van der Waals surface area contributed by atoms with Gasteiger partial charge in [0.2, 0.25) is 0 Å². The van der Waals surface area contributed by atoms with Crippen molar-refractivity contribution in [1.82, 2.24) is 0 Å². The maximum Gasteiger partial charge on any atom is 0.534 e. The summed E-state index contributed by atoms with van der Waals surface area (Å²) in [6.45, 7) is 0.877. The van der Waals surface area contributed by atoms with Crippen molar-refractivity contribution >= 4 is 15.8 Å². The Bertz CT molecular complexity index is 638. The average molecular weight is 331 g/mol. The molecule has 1 fully saturated rings. The lowest BCUT2D eigenvalue weighted by Gasteiger charge is -2.19. The number of nitrogens with zero attached hydrogens (tertiary/aromatic N) is 1. The Kier molecular flexibility index (Phi) is 4.00. The summed E-state index contributed by atoms with van der Waals surface area (Å²) in [7, 11) is -6.01. The van der Waals surface area contributed by atoms with Gasteiger partial charge in [-0.1, -0.05) is 0 Å². The normalized spacial score (nSPS) is 16.3. The largest absolute Gasteiger partial charge is 0.534 e. The first kappa shape index (κ1) is 15.8. The standard InChI is InChI=1S/C11H10F5NO3S/c12-7-5-8(13)10(20-21(18,19)11(14,15)16)6-9(7)17-3-1-2-4-17/h5-6H,1-4H2. The Morgan fingerprint density at radius 3 is 2.14 bits per heavy atom. The Morgan fingerprint density at radius 2 is 1.62 bits per heavy atom. The van der Waals surface area contributed by atoms with Crippen LogP contribution in [0.15, 0.2) is 12.1 Å². The summed E-state index contributed by atoms with van der Waals surface area (Å²) in [6, 6.07) is 0.925. The summed E-state index contributed by atoms with van der Waals surface area (Å²) in [6.07, 6.45) is 1.49. The van der Waals surface area contributed by atoms with E-state index in [0.29, 0.717) is 25.2 Å². The average Bonchev–Trinajstić information content (AvgIpc) is 2.84. The molecule has 0 amide bonds. The highest BCUT2D eigenvalue weighted by atomic mass is 32.2. The molecule has 1 heterocycles. The van der Waals surface area contributed by atoms with Crippen LogP contribution >= 0.6 is 0 Å². The number of halogens is 5. The van der Waals surface area contributed by atoms with Gasteiger partial charge in [-0.3, -0.25) is 0 Å². The van der Waals surface area contributed by atoms with E-state index in [-0.39, 0.29) is 5.69 Å². The first-order valence-electron chi connectivity index (χ1n) is 5.86. The molecule has 0 spiro atoms. The highest BCUT2D eigenvalue weighted by Crippen LogP contribution is 2.33. The predicted molar refractivity (Wildman–Crippen MR) is 63.4 cm³/mol. The number of alkyl halides is 3. The van der Waals surface area contributed by atoms with Gasteiger partial charge in [0.05, 0.1) is 5.69 Å². The lowest BCUT2D eigenvalue weighted by Crippen LogP contribution is -2.28. The molecule has 10 heteroatoms. The predicted octanol–water partition coefficient (Wildman–Crippen LogP) is 2.79. The van der Waals surface area contributed by atoms with Crippen LogP contribution in [0.2, 0.25) is 0 Å². The van der Waals surface area contributed by atoms with E-state index in [9.17, 15) is 30.4 Å². The number of hydrogen-bond donors (Lipinski definition) is 0. The first-order valence-corrected chi connectivity index (χ1v) is 7.27. The van der Waals surface area contributed by atoms with E-state index in [0.717, 1.165) is 12.8 Å². The number of hydrogen-bond acceptors (Lipinski definition) is 4. The second-order valence-corrected chi connectivity index (χ2v) is 5.95. The summed E-state index contributed by atoms with van der Waals surface area (Å²) in [5.41, 5.74) is -5.89. The van der Waals surface area contributed by atoms with Crippen LogP contribution < -0.4 is 9.08 Å². The summed E-state index contributed by atoms with van der Waals surface area (Å²) >= 11 is 0. The van der Waals surface area contributed by atoms with Gasteiger partial charge in [0.25, 0.3) is 0 Å². The fourth-order valence-electron chi connectivity index (χ4n) is 1.95. The summed E-state index contributed by atoms with van der Waals surface area (Å²) in [5, 5.41) is 0. The molecule has 0 aliphatic carbocycles. The van der Waals surface area contributed by atoms with E-state index in [1.165, 1.54) is 4.90 Å². The lowest BCUT2D eigenvalue weighted by molar-refractivity contribution is -0.0500. The number of rotatable bonds is 3. The minimum Gasteiger partial charge on any atom is -0.373 e. The van der Waals surface area contributed by atoms with E-state index in [1.807, 2.05) is 0 Å². The quantitative estimate of drug-likeness (QED) is 0.485. The summed E-state index contributed by atoms with van der Waals surface area (Å²) in [4.78, 5) is 1.47. The number of anilines is 1. The Morgan fingerprint density at radius 1 is 1.05 bits per heavy atom. The van der Waals surface area contributed by atoms with Crippen molar-refractivity contribution in [3.05, 3.63) is 23.8 Å². The molecule has 0 radical (unpaired) electrons. The SMILES string of the molecule is O=S(=O)(Oc1cc(N2CCCC2)c(F)cc1F)C(F)(F)F. The molecule has 1 aliphatic heterocycles. The monoisotopic (exact) mass is 331 g/mol. The third-order valence-electron chi connectivity index (χ3n) is 2.93.